The van der Waals surface area contributed by atoms with Crippen LogP contribution in [0.5, 0.6) is 5.75 Å². The van der Waals surface area contributed by atoms with Crippen molar-refractivity contribution in [2.75, 3.05) is 7.11 Å². The van der Waals surface area contributed by atoms with Crippen molar-refractivity contribution in [3.63, 3.8) is 0 Å². The van der Waals surface area contributed by atoms with Crippen LogP contribution in [-0.2, 0) is 4.74 Å². The van der Waals surface area contributed by atoms with E-state index < -0.39 is 6.36 Å². The van der Waals surface area contributed by atoms with Gasteiger partial charge in [-0.25, -0.2) is 4.99 Å². The summed E-state index contributed by atoms with van der Waals surface area (Å²) in [6.07, 6.45) is 0.0911. The van der Waals surface area contributed by atoms with E-state index >= 15 is 0 Å². The molecule has 0 N–H and O–H groups in total. The van der Waals surface area contributed by atoms with Crippen LogP contribution in [0.3, 0.4) is 0 Å². The number of halogens is 3. The summed E-state index contributed by atoms with van der Waals surface area (Å²) in [4.78, 5) is 4.31. The summed E-state index contributed by atoms with van der Waals surface area (Å²) in [5, 5.41) is 0. The van der Waals surface area contributed by atoms with Crippen LogP contribution in [-0.4, -0.2) is 19.4 Å². The lowest BCUT2D eigenvalue weighted by molar-refractivity contribution is -0.274. The number of hydrogen-bond acceptors (Lipinski definition) is 3. The third kappa shape index (κ3) is 4.74. The zero-order valence-corrected chi connectivity index (χ0v) is 12.8. The molecule has 0 radical (unpaired) electrons. The molecule has 3 nitrogen and oxygen atoms in total. The molecular weight excluding hydrogens is 307 g/mol. The van der Waals surface area contributed by atoms with Crippen LogP contribution in [0.1, 0.15) is 18.9 Å². The van der Waals surface area contributed by atoms with Crippen molar-refractivity contribution in [2.45, 2.75) is 19.7 Å². The number of rotatable bonds is 4. The predicted octanol–water partition coefficient (Wildman–Crippen LogP) is 4.88. The van der Waals surface area contributed by atoms with E-state index in [4.69, 9.17) is 4.74 Å². The third-order valence-electron chi connectivity index (χ3n) is 3.14. The Morgan fingerprint density at radius 2 is 1.87 bits per heavy atom. The van der Waals surface area contributed by atoms with E-state index in [1.807, 2.05) is 19.1 Å². The largest absolute Gasteiger partial charge is 0.573 e. The first kappa shape index (κ1) is 16.9. The number of nitrogens with zero attached hydrogens (tertiary/aromatic N) is 1. The fourth-order valence-electron chi connectivity index (χ4n) is 2.07. The quantitative estimate of drug-likeness (QED) is 0.584. The molecule has 1 aromatic carbocycles. The second kappa shape index (κ2) is 6.73. The number of allylic oxidation sites excluding steroid dienone is 2. The second-order valence-corrected chi connectivity index (χ2v) is 4.99. The zero-order valence-electron chi connectivity index (χ0n) is 12.8. The minimum absolute atomic E-state index is 0.290. The van der Waals surface area contributed by atoms with Crippen molar-refractivity contribution in [1.29, 1.82) is 0 Å². The van der Waals surface area contributed by atoms with E-state index in [-0.39, 0.29) is 5.75 Å². The molecule has 0 fully saturated rings. The van der Waals surface area contributed by atoms with Gasteiger partial charge in [-0.05, 0) is 43.2 Å². The van der Waals surface area contributed by atoms with Crippen LogP contribution < -0.4 is 4.74 Å². The van der Waals surface area contributed by atoms with Crippen LogP contribution >= 0.6 is 0 Å². The highest BCUT2D eigenvalue weighted by Gasteiger charge is 2.30. The van der Waals surface area contributed by atoms with Gasteiger partial charge in [0.1, 0.15) is 5.75 Å². The molecule has 0 amide bonds. The Morgan fingerprint density at radius 3 is 2.35 bits per heavy atom. The van der Waals surface area contributed by atoms with E-state index in [2.05, 4.69) is 16.3 Å². The third-order valence-corrected chi connectivity index (χ3v) is 3.14. The number of benzene rings is 1. The Bertz CT molecular complexity index is 683. The number of methoxy groups -OCH3 is 1. The molecule has 0 saturated heterocycles. The normalized spacial score (nSPS) is 15.1. The first-order chi connectivity index (χ1) is 10.8. The summed E-state index contributed by atoms with van der Waals surface area (Å²) in [6.45, 7) is 5.83. The molecule has 1 aliphatic carbocycles. The Hall–Kier alpha value is -2.50. The molecule has 23 heavy (non-hydrogen) atoms. The Morgan fingerprint density at radius 1 is 1.22 bits per heavy atom. The molecule has 0 unspecified atom stereocenters. The van der Waals surface area contributed by atoms with Gasteiger partial charge in [-0.3, -0.25) is 0 Å². The molecule has 1 aromatic rings. The Balaban J connectivity index is 2.15. The fourth-order valence-corrected chi connectivity index (χ4v) is 2.07. The number of alkyl halides is 3. The Kier molecular flexibility index (Phi) is 4.93. The van der Waals surface area contributed by atoms with Crippen molar-refractivity contribution in [3.8, 4) is 5.75 Å². The van der Waals surface area contributed by atoms with Gasteiger partial charge >= 0.3 is 6.36 Å². The van der Waals surface area contributed by atoms with Crippen molar-refractivity contribution >= 4 is 11.6 Å². The van der Waals surface area contributed by atoms with Crippen molar-refractivity contribution in [2.24, 2.45) is 4.99 Å². The molecule has 0 aromatic heterocycles. The summed E-state index contributed by atoms with van der Waals surface area (Å²) in [7, 11) is 1.51. The summed E-state index contributed by atoms with van der Waals surface area (Å²) < 4.78 is 45.5. The van der Waals surface area contributed by atoms with Gasteiger partial charge in [0.15, 0.2) is 0 Å². The molecule has 1 aliphatic rings. The van der Waals surface area contributed by atoms with Crippen LogP contribution in [0.15, 0.2) is 59.1 Å². The van der Waals surface area contributed by atoms with Crippen LogP contribution in [0.25, 0.3) is 5.70 Å². The van der Waals surface area contributed by atoms with Gasteiger partial charge in [0, 0.05) is 5.57 Å². The fraction of sp³-hybridized carbons (Fsp3) is 0.235. The standard InChI is InChI=1S/C17H16F3NO2/c1-11-4-5-14(10-11)16(22-3)21-12(2)13-6-8-15(9-7-13)23-17(18,19)20/h5-10H,2,4H2,1,3H3. The molecule has 0 spiro atoms. The van der Waals surface area contributed by atoms with Crippen molar-refractivity contribution in [3.05, 3.63) is 59.7 Å². The number of ether oxygens (including phenoxy) is 2. The minimum Gasteiger partial charge on any atom is -0.481 e. The van der Waals surface area contributed by atoms with Gasteiger partial charge in [-0.2, -0.15) is 0 Å². The van der Waals surface area contributed by atoms with E-state index in [0.29, 0.717) is 17.2 Å². The topological polar surface area (TPSA) is 30.8 Å². The van der Waals surface area contributed by atoms with Crippen molar-refractivity contribution < 1.29 is 22.6 Å². The maximum atomic E-state index is 12.1. The van der Waals surface area contributed by atoms with Gasteiger partial charge in [0.25, 0.3) is 0 Å². The SMILES string of the molecule is C=C(N=C(OC)C1=CCC(C)=C1)c1ccc(OC(F)(F)F)cc1. The minimum atomic E-state index is -4.71. The highest BCUT2D eigenvalue weighted by molar-refractivity contribution is 6.00. The lowest BCUT2D eigenvalue weighted by Crippen LogP contribution is -2.16. The number of aliphatic imine (C=N–C) groups is 1. The molecule has 0 heterocycles. The van der Waals surface area contributed by atoms with Crippen LogP contribution in [0.4, 0.5) is 13.2 Å². The molecule has 2 rings (SSSR count). The molecule has 0 saturated carbocycles. The van der Waals surface area contributed by atoms with E-state index in [9.17, 15) is 13.2 Å². The second-order valence-electron chi connectivity index (χ2n) is 4.99. The lowest BCUT2D eigenvalue weighted by Gasteiger charge is -2.10. The molecule has 122 valence electrons. The highest BCUT2D eigenvalue weighted by Crippen LogP contribution is 2.25. The van der Waals surface area contributed by atoms with Crippen LogP contribution in [0.2, 0.25) is 0 Å². The van der Waals surface area contributed by atoms with E-state index in [1.165, 1.54) is 36.9 Å². The first-order valence-corrected chi connectivity index (χ1v) is 6.84. The zero-order chi connectivity index (χ0) is 17.0. The van der Waals surface area contributed by atoms with Gasteiger partial charge in [0.2, 0.25) is 5.90 Å². The molecular formula is C17H16F3NO2. The molecule has 0 atom stereocenters. The van der Waals surface area contributed by atoms with E-state index in [1.54, 1.807) is 0 Å². The Labute approximate surface area is 132 Å². The predicted molar refractivity (Wildman–Crippen MR) is 83.1 cm³/mol. The average molecular weight is 323 g/mol. The summed E-state index contributed by atoms with van der Waals surface area (Å²) in [5.41, 5.74) is 3.03. The average Bonchev–Trinajstić information content (AvgIpc) is 2.90. The van der Waals surface area contributed by atoms with Crippen molar-refractivity contribution in [1.82, 2.24) is 0 Å². The monoisotopic (exact) mass is 323 g/mol. The molecule has 0 bridgehead atoms. The summed E-state index contributed by atoms with van der Waals surface area (Å²) in [6, 6.07) is 5.36. The van der Waals surface area contributed by atoms with Gasteiger partial charge in [0.05, 0.1) is 12.8 Å². The maximum absolute atomic E-state index is 12.1. The van der Waals surface area contributed by atoms with Gasteiger partial charge in [-0.15, -0.1) is 13.2 Å². The van der Waals surface area contributed by atoms with E-state index in [0.717, 1.165) is 12.0 Å². The molecule has 6 heteroatoms. The lowest BCUT2D eigenvalue weighted by atomic mass is 10.1. The first-order valence-electron chi connectivity index (χ1n) is 6.84. The summed E-state index contributed by atoms with van der Waals surface area (Å²) in [5.74, 6) is 0.129. The smallest absolute Gasteiger partial charge is 0.481 e. The summed E-state index contributed by atoms with van der Waals surface area (Å²) >= 11 is 0. The number of hydrogen-bond donors (Lipinski definition) is 0. The van der Waals surface area contributed by atoms with Gasteiger partial charge < -0.3 is 9.47 Å². The highest BCUT2D eigenvalue weighted by atomic mass is 19.4. The van der Waals surface area contributed by atoms with Gasteiger partial charge in [-0.1, -0.05) is 24.3 Å². The maximum Gasteiger partial charge on any atom is 0.573 e. The molecule has 0 aliphatic heterocycles. The van der Waals surface area contributed by atoms with Crippen LogP contribution in [0, 0.1) is 0 Å².